The molecule has 1 aromatic carbocycles. The highest BCUT2D eigenvalue weighted by atomic mass is 16.5. The summed E-state index contributed by atoms with van der Waals surface area (Å²) in [7, 11) is 7.51. The van der Waals surface area contributed by atoms with Crippen molar-refractivity contribution < 1.29 is 9.47 Å². The molecule has 0 fully saturated rings. The zero-order valence-electron chi connectivity index (χ0n) is 12.7. The van der Waals surface area contributed by atoms with Crippen LogP contribution in [0.25, 0.3) is 0 Å². The minimum Gasteiger partial charge on any atom is -0.493 e. The highest BCUT2D eigenvalue weighted by Crippen LogP contribution is 2.27. The van der Waals surface area contributed by atoms with Crippen LogP contribution < -0.4 is 14.8 Å². The van der Waals surface area contributed by atoms with E-state index in [0.717, 1.165) is 31.0 Å². The number of rotatable bonds is 8. The number of hydrogen-bond donors (Lipinski definition) is 1. The molecule has 1 atom stereocenters. The van der Waals surface area contributed by atoms with Crippen molar-refractivity contribution in [3.05, 3.63) is 23.8 Å². The van der Waals surface area contributed by atoms with Gasteiger partial charge in [-0.2, -0.15) is 0 Å². The van der Waals surface area contributed by atoms with Crippen LogP contribution in [0.4, 0.5) is 0 Å². The first kappa shape index (κ1) is 15.8. The maximum atomic E-state index is 5.30. The molecule has 4 nitrogen and oxygen atoms in total. The van der Waals surface area contributed by atoms with E-state index in [2.05, 4.69) is 37.3 Å². The van der Waals surface area contributed by atoms with Crippen LogP contribution in [-0.4, -0.2) is 45.8 Å². The van der Waals surface area contributed by atoms with Crippen molar-refractivity contribution in [1.82, 2.24) is 10.2 Å². The molecular weight excluding hydrogens is 240 g/mol. The van der Waals surface area contributed by atoms with E-state index >= 15 is 0 Å². The second kappa shape index (κ2) is 8.02. The van der Waals surface area contributed by atoms with Crippen LogP contribution in [0.5, 0.6) is 11.5 Å². The first-order valence-electron chi connectivity index (χ1n) is 6.65. The van der Waals surface area contributed by atoms with Gasteiger partial charge in [-0.15, -0.1) is 0 Å². The van der Waals surface area contributed by atoms with Crippen molar-refractivity contribution in [3.63, 3.8) is 0 Å². The first-order valence-corrected chi connectivity index (χ1v) is 6.65. The van der Waals surface area contributed by atoms with E-state index in [1.54, 1.807) is 14.2 Å². The molecule has 0 spiro atoms. The van der Waals surface area contributed by atoms with Gasteiger partial charge in [-0.05, 0) is 51.7 Å². The molecule has 1 rings (SSSR count). The molecule has 108 valence electrons. The Hall–Kier alpha value is -1.26. The Labute approximate surface area is 116 Å². The lowest BCUT2D eigenvalue weighted by Gasteiger charge is -2.17. The summed E-state index contributed by atoms with van der Waals surface area (Å²) in [5.41, 5.74) is 1.20. The lowest BCUT2D eigenvalue weighted by molar-refractivity contribution is 0.353. The molecule has 1 aromatic rings. The van der Waals surface area contributed by atoms with Gasteiger partial charge < -0.3 is 19.7 Å². The lowest BCUT2D eigenvalue weighted by atomic mass is 10.1. The van der Waals surface area contributed by atoms with Crippen LogP contribution in [-0.2, 0) is 6.54 Å². The summed E-state index contributed by atoms with van der Waals surface area (Å²) in [6, 6.07) is 6.52. The van der Waals surface area contributed by atoms with Gasteiger partial charge in [0.2, 0.25) is 0 Å². The Morgan fingerprint density at radius 2 is 1.84 bits per heavy atom. The Morgan fingerprint density at radius 3 is 2.42 bits per heavy atom. The van der Waals surface area contributed by atoms with E-state index < -0.39 is 0 Å². The molecule has 0 aliphatic carbocycles. The van der Waals surface area contributed by atoms with Gasteiger partial charge >= 0.3 is 0 Å². The van der Waals surface area contributed by atoms with Crippen molar-refractivity contribution in [2.75, 3.05) is 34.9 Å². The van der Waals surface area contributed by atoms with E-state index in [0.29, 0.717) is 6.04 Å². The fraction of sp³-hybridized carbons (Fsp3) is 0.600. The fourth-order valence-electron chi connectivity index (χ4n) is 1.84. The van der Waals surface area contributed by atoms with Gasteiger partial charge in [-0.1, -0.05) is 6.07 Å². The van der Waals surface area contributed by atoms with Gasteiger partial charge in [0, 0.05) is 12.6 Å². The minimum absolute atomic E-state index is 0.496. The maximum Gasteiger partial charge on any atom is 0.161 e. The largest absolute Gasteiger partial charge is 0.493 e. The molecule has 0 heterocycles. The SMILES string of the molecule is COc1ccc(CNC(C)CCN(C)C)cc1OC. The number of hydrogen-bond acceptors (Lipinski definition) is 4. The number of ether oxygens (including phenoxy) is 2. The normalized spacial score (nSPS) is 12.5. The average Bonchev–Trinajstić information content (AvgIpc) is 2.42. The van der Waals surface area contributed by atoms with Gasteiger partial charge in [-0.3, -0.25) is 0 Å². The van der Waals surface area contributed by atoms with Crippen LogP contribution in [0.1, 0.15) is 18.9 Å². The molecule has 0 saturated heterocycles. The van der Waals surface area contributed by atoms with Gasteiger partial charge in [0.25, 0.3) is 0 Å². The molecule has 0 amide bonds. The second-order valence-electron chi connectivity index (χ2n) is 5.06. The van der Waals surface area contributed by atoms with Crippen molar-refractivity contribution in [3.8, 4) is 11.5 Å². The molecule has 0 aromatic heterocycles. The van der Waals surface area contributed by atoms with Gasteiger partial charge in [-0.25, -0.2) is 0 Å². The zero-order chi connectivity index (χ0) is 14.3. The number of benzene rings is 1. The molecule has 4 heteroatoms. The van der Waals surface area contributed by atoms with E-state index in [-0.39, 0.29) is 0 Å². The molecule has 0 radical (unpaired) electrons. The summed E-state index contributed by atoms with van der Waals surface area (Å²) in [6.45, 7) is 4.15. The Bertz CT molecular complexity index is 380. The smallest absolute Gasteiger partial charge is 0.161 e. The zero-order valence-corrected chi connectivity index (χ0v) is 12.7. The summed E-state index contributed by atoms with van der Waals surface area (Å²) < 4.78 is 10.5. The van der Waals surface area contributed by atoms with Gasteiger partial charge in [0.05, 0.1) is 14.2 Å². The number of nitrogens with zero attached hydrogens (tertiary/aromatic N) is 1. The molecular formula is C15H26N2O2. The molecule has 1 N–H and O–H groups in total. The second-order valence-corrected chi connectivity index (χ2v) is 5.06. The van der Waals surface area contributed by atoms with Gasteiger partial charge in [0.15, 0.2) is 11.5 Å². The number of methoxy groups -OCH3 is 2. The highest BCUT2D eigenvalue weighted by Gasteiger charge is 2.06. The third-order valence-electron chi connectivity index (χ3n) is 3.11. The molecule has 0 aliphatic rings. The number of nitrogens with one attached hydrogen (secondary N) is 1. The topological polar surface area (TPSA) is 33.7 Å². The minimum atomic E-state index is 0.496. The third kappa shape index (κ3) is 5.49. The Balaban J connectivity index is 2.49. The van der Waals surface area contributed by atoms with E-state index in [9.17, 15) is 0 Å². The van der Waals surface area contributed by atoms with Crippen LogP contribution in [0.3, 0.4) is 0 Å². The van der Waals surface area contributed by atoms with Gasteiger partial charge in [0.1, 0.15) is 0 Å². The predicted octanol–water partition coefficient (Wildman–Crippen LogP) is 2.13. The molecule has 19 heavy (non-hydrogen) atoms. The van der Waals surface area contributed by atoms with Crippen LogP contribution in [0.2, 0.25) is 0 Å². The highest BCUT2D eigenvalue weighted by molar-refractivity contribution is 5.42. The summed E-state index contributed by atoms with van der Waals surface area (Å²) in [5.74, 6) is 1.55. The predicted molar refractivity (Wildman–Crippen MR) is 79.0 cm³/mol. The lowest BCUT2D eigenvalue weighted by Crippen LogP contribution is -2.29. The van der Waals surface area contributed by atoms with Crippen molar-refractivity contribution in [1.29, 1.82) is 0 Å². The van der Waals surface area contributed by atoms with Crippen LogP contribution in [0, 0.1) is 0 Å². The summed E-state index contributed by atoms with van der Waals surface area (Å²) in [5, 5.41) is 3.52. The summed E-state index contributed by atoms with van der Waals surface area (Å²) in [6.07, 6.45) is 1.14. The average molecular weight is 266 g/mol. The van der Waals surface area contributed by atoms with E-state index in [1.165, 1.54) is 5.56 Å². The van der Waals surface area contributed by atoms with Crippen molar-refractivity contribution in [2.24, 2.45) is 0 Å². The molecule has 0 saturated carbocycles. The first-order chi connectivity index (χ1) is 9.06. The Kier molecular flexibility index (Phi) is 6.67. The third-order valence-corrected chi connectivity index (χ3v) is 3.11. The molecule has 0 bridgehead atoms. The monoisotopic (exact) mass is 266 g/mol. The summed E-state index contributed by atoms with van der Waals surface area (Å²) >= 11 is 0. The van der Waals surface area contributed by atoms with E-state index in [1.807, 2.05) is 12.1 Å². The standard InChI is InChI=1S/C15H26N2O2/c1-12(8-9-17(2)3)16-11-13-6-7-14(18-4)15(10-13)19-5/h6-7,10,12,16H,8-9,11H2,1-5H3. The Morgan fingerprint density at radius 1 is 1.16 bits per heavy atom. The van der Waals surface area contributed by atoms with E-state index in [4.69, 9.17) is 9.47 Å². The maximum absolute atomic E-state index is 5.30. The quantitative estimate of drug-likeness (QED) is 0.781. The molecule has 1 unspecified atom stereocenters. The molecule has 0 aliphatic heterocycles. The van der Waals surface area contributed by atoms with Crippen molar-refractivity contribution >= 4 is 0 Å². The van der Waals surface area contributed by atoms with Crippen molar-refractivity contribution in [2.45, 2.75) is 25.9 Å². The fourth-order valence-corrected chi connectivity index (χ4v) is 1.84. The van der Waals surface area contributed by atoms with Crippen LogP contribution >= 0.6 is 0 Å². The van der Waals surface area contributed by atoms with Crippen LogP contribution in [0.15, 0.2) is 18.2 Å². The summed E-state index contributed by atoms with van der Waals surface area (Å²) in [4.78, 5) is 2.20.